The summed E-state index contributed by atoms with van der Waals surface area (Å²) >= 11 is 9.38. The number of hydrogen-bond donors (Lipinski definition) is 3. The minimum atomic E-state index is -3.65. The summed E-state index contributed by atoms with van der Waals surface area (Å²) in [7, 11) is -5.90. The normalized spacial score (nSPS) is 21.0. The van der Waals surface area contributed by atoms with Gasteiger partial charge in [0.2, 0.25) is 20.0 Å². The van der Waals surface area contributed by atoms with E-state index in [9.17, 15) is 21.9 Å². The van der Waals surface area contributed by atoms with E-state index < -0.39 is 31.8 Å². The van der Waals surface area contributed by atoms with Crippen molar-refractivity contribution in [3.63, 3.8) is 0 Å². The van der Waals surface area contributed by atoms with Gasteiger partial charge in [0.1, 0.15) is 18.5 Å². The van der Waals surface area contributed by atoms with Crippen LogP contribution in [0, 0.1) is 0 Å². The van der Waals surface area contributed by atoms with Crippen LogP contribution in [0.1, 0.15) is 19.3 Å². The lowest BCUT2D eigenvalue weighted by Crippen LogP contribution is -2.47. The molecule has 2 aliphatic heterocycles. The van der Waals surface area contributed by atoms with Gasteiger partial charge in [-0.15, -0.1) is 0 Å². The number of nitrogens with one attached hydrogen (secondary N) is 2. The number of benzene rings is 2. The maximum absolute atomic E-state index is 13.1. The molecule has 0 aliphatic carbocycles. The molecule has 14 heteroatoms. The molecule has 0 radical (unpaired) electrons. The first-order valence-corrected chi connectivity index (χ1v) is 16.2. The molecule has 10 nitrogen and oxygen atoms in total. The van der Waals surface area contributed by atoms with Crippen molar-refractivity contribution in [2.24, 2.45) is 0 Å². The van der Waals surface area contributed by atoms with Crippen molar-refractivity contribution in [3.8, 4) is 5.75 Å². The number of piperidine rings is 1. The number of rotatable bonds is 10. The molecular weight excluding hydrogens is 622 g/mol. The van der Waals surface area contributed by atoms with Crippen LogP contribution in [0.4, 0.5) is 0 Å². The van der Waals surface area contributed by atoms with Gasteiger partial charge >= 0.3 is 0 Å². The lowest BCUT2D eigenvalue weighted by Gasteiger charge is -2.38. The lowest BCUT2D eigenvalue weighted by atomic mass is 9.88. The fraction of sp³-hybridized carbons (Fsp3) is 0.500. The number of aliphatic hydroxyl groups excluding tert-OH is 1. The van der Waals surface area contributed by atoms with Crippen LogP contribution in [0.25, 0.3) is 0 Å². The third-order valence-corrected chi connectivity index (χ3v) is 11.4. The van der Waals surface area contributed by atoms with Crippen molar-refractivity contribution in [2.45, 2.75) is 46.8 Å². The van der Waals surface area contributed by atoms with Crippen LogP contribution in [0.15, 0.2) is 56.7 Å². The van der Waals surface area contributed by atoms with Gasteiger partial charge in [0.25, 0.3) is 0 Å². The second kappa shape index (κ2) is 12.1. The Morgan fingerprint density at radius 2 is 1.92 bits per heavy atom. The molecule has 2 fully saturated rings. The Morgan fingerprint density at radius 1 is 1.18 bits per heavy atom. The maximum Gasteiger partial charge on any atom is 0.243 e. The first-order chi connectivity index (χ1) is 17.9. The smallest absolute Gasteiger partial charge is 0.243 e. The summed E-state index contributed by atoms with van der Waals surface area (Å²) in [5.41, 5.74) is -0.401. The van der Waals surface area contributed by atoms with Crippen LogP contribution < -0.4 is 14.8 Å². The molecule has 0 saturated carbocycles. The van der Waals surface area contributed by atoms with E-state index in [1.165, 1.54) is 35.6 Å². The fourth-order valence-electron chi connectivity index (χ4n) is 4.65. The number of hydrogen-bond acceptors (Lipinski definition) is 8. The molecule has 1 spiro atoms. The van der Waals surface area contributed by atoms with Crippen LogP contribution in [-0.2, 0) is 24.8 Å². The van der Waals surface area contributed by atoms with E-state index in [1.807, 2.05) is 0 Å². The molecule has 2 atom stereocenters. The first kappa shape index (κ1) is 29.7. The lowest BCUT2D eigenvalue weighted by molar-refractivity contribution is -0.0312. The van der Waals surface area contributed by atoms with E-state index >= 15 is 0 Å². The highest BCUT2D eigenvalue weighted by molar-refractivity contribution is 9.10. The Kier molecular flexibility index (Phi) is 9.43. The van der Waals surface area contributed by atoms with Crippen molar-refractivity contribution in [2.75, 3.05) is 39.9 Å². The van der Waals surface area contributed by atoms with E-state index in [2.05, 4.69) is 26.0 Å². The fourth-order valence-corrected chi connectivity index (χ4v) is 7.37. The van der Waals surface area contributed by atoms with Crippen molar-refractivity contribution in [1.29, 1.82) is 0 Å². The van der Waals surface area contributed by atoms with Gasteiger partial charge in [0, 0.05) is 36.2 Å². The van der Waals surface area contributed by atoms with Crippen molar-refractivity contribution >= 4 is 47.6 Å². The molecule has 1 unspecified atom stereocenters. The summed E-state index contributed by atoms with van der Waals surface area (Å²) < 4.78 is 66.1. The van der Waals surface area contributed by atoms with Crippen LogP contribution >= 0.6 is 27.5 Å². The number of nitrogens with zero attached hydrogens (tertiary/aromatic N) is 1. The highest BCUT2D eigenvalue weighted by Gasteiger charge is 2.44. The van der Waals surface area contributed by atoms with Gasteiger partial charge in [-0.3, -0.25) is 0 Å². The summed E-state index contributed by atoms with van der Waals surface area (Å²) in [5, 5.41) is 14.0. The Labute approximate surface area is 236 Å². The van der Waals surface area contributed by atoms with Gasteiger partial charge in [-0.2, -0.15) is 4.31 Å². The van der Waals surface area contributed by atoms with Crippen LogP contribution in [-0.4, -0.2) is 83.9 Å². The van der Waals surface area contributed by atoms with E-state index in [0.29, 0.717) is 54.2 Å². The molecule has 2 heterocycles. The molecule has 210 valence electrons. The third-order valence-electron chi connectivity index (χ3n) is 6.84. The van der Waals surface area contributed by atoms with Gasteiger partial charge in [-0.25, -0.2) is 21.6 Å². The molecule has 2 aliphatic rings. The van der Waals surface area contributed by atoms with E-state index in [-0.39, 0.29) is 29.0 Å². The van der Waals surface area contributed by atoms with Crippen LogP contribution in [0.2, 0.25) is 5.02 Å². The molecule has 2 saturated heterocycles. The predicted octanol–water partition coefficient (Wildman–Crippen LogP) is 2.35. The second-order valence-electron chi connectivity index (χ2n) is 9.43. The summed E-state index contributed by atoms with van der Waals surface area (Å²) in [5.74, 6) is 0.343. The summed E-state index contributed by atoms with van der Waals surface area (Å²) in [6.45, 7) is 1.42. The Bertz CT molecular complexity index is 1350. The average Bonchev–Trinajstić information content (AvgIpc) is 3.30. The standard InChI is InChI=1S/C24H31BrClN3O7S2/c1-27-37(31,32)20-4-2-3-19(11-20)35-16-18(30)14-28-17-13-24(36-15-17)7-9-29(10-8-24)38(33,34)21-5-6-22(25)23(26)12-21/h2-6,11-12,17-18,27-28,30H,7-10,13-16H2,1H3/t17?,18-/m0/s1. The number of ether oxygens (including phenoxy) is 2. The largest absolute Gasteiger partial charge is 0.491 e. The summed E-state index contributed by atoms with van der Waals surface area (Å²) in [4.78, 5) is 0.248. The Hall–Kier alpha value is -1.29. The van der Waals surface area contributed by atoms with Gasteiger partial charge in [-0.1, -0.05) is 17.7 Å². The quantitative estimate of drug-likeness (QED) is 0.356. The minimum absolute atomic E-state index is 0.0122. The van der Waals surface area contributed by atoms with Gasteiger partial charge in [-0.05, 0) is 72.6 Å². The summed E-state index contributed by atoms with van der Waals surface area (Å²) in [6, 6.07) is 10.7. The van der Waals surface area contributed by atoms with Crippen LogP contribution in [0.3, 0.4) is 0 Å². The van der Waals surface area contributed by atoms with Gasteiger partial charge < -0.3 is 19.9 Å². The van der Waals surface area contributed by atoms with Crippen molar-refractivity contribution in [1.82, 2.24) is 14.3 Å². The van der Waals surface area contributed by atoms with Gasteiger partial charge in [0.15, 0.2) is 0 Å². The van der Waals surface area contributed by atoms with Crippen molar-refractivity contribution < 1.29 is 31.4 Å². The average molecular weight is 653 g/mol. The molecule has 3 N–H and O–H groups in total. The third kappa shape index (κ3) is 6.88. The number of sulfonamides is 2. The zero-order valence-electron chi connectivity index (χ0n) is 20.8. The van der Waals surface area contributed by atoms with E-state index in [1.54, 1.807) is 18.2 Å². The zero-order chi connectivity index (χ0) is 27.6. The molecule has 2 aromatic carbocycles. The zero-order valence-corrected chi connectivity index (χ0v) is 24.7. The maximum atomic E-state index is 13.1. The molecule has 2 aromatic rings. The number of halogens is 2. The molecular formula is C24H31BrClN3O7S2. The molecule has 4 rings (SSSR count). The van der Waals surface area contributed by atoms with Gasteiger partial charge in [0.05, 0.1) is 27.0 Å². The Balaban J connectivity index is 1.23. The van der Waals surface area contributed by atoms with Crippen molar-refractivity contribution in [3.05, 3.63) is 52.0 Å². The molecule has 0 bridgehead atoms. The highest BCUT2D eigenvalue weighted by atomic mass is 79.9. The highest BCUT2D eigenvalue weighted by Crippen LogP contribution is 2.38. The first-order valence-electron chi connectivity index (χ1n) is 12.1. The van der Waals surface area contributed by atoms with Crippen LogP contribution in [0.5, 0.6) is 5.75 Å². The van der Waals surface area contributed by atoms with E-state index in [4.69, 9.17) is 21.1 Å². The molecule has 38 heavy (non-hydrogen) atoms. The number of aliphatic hydroxyl groups is 1. The topological polar surface area (TPSA) is 134 Å². The second-order valence-corrected chi connectivity index (χ2v) is 14.5. The predicted molar refractivity (Wildman–Crippen MR) is 146 cm³/mol. The minimum Gasteiger partial charge on any atom is -0.491 e. The SMILES string of the molecule is CNS(=O)(=O)c1cccc(OC[C@@H](O)CNC2COC3(CCN(S(=O)(=O)c4ccc(Br)c(Cl)c4)CC3)C2)c1. The van der Waals surface area contributed by atoms with E-state index in [0.717, 1.165) is 0 Å². The molecule has 0 amide bonds. The Morgan fingerprint density at radius 3 is 2.61 bits per heavy atom. The monoisotopic (exact) mass is 651 g/mol. The summed E-state index contributed by atoms with van der Waals surface area (Å²) in [6.07, 6.45) is 1.04. The molecule has 0 aromatic heterocycles.